The van der Waals surface area contributed by atoms with Crippen LogP contribution in [-0.2, 0) is 35.1 Å². The number of ether oxygens (including phenoxy) is 4. The quantitative estimate of drug-likeness (QED) is 0.136. The van der Waals surface area contributed by atoms with E-state index in [1.54, 1.807) is 0 Å². The van der Waals surface area contributed by atoms with Crippen molar-refractivity contribution in [3.63, 3.8) is 0 Å². The van der Waals surface area contributed by atoms with Crippen molar-refractivity contribution < 1.29 is 47.3 Å². The van der Waals surface area contributed by atoms with Crippen LogP contribution in [0.5, 0.6) is 0 Å². The molecule has 1 unspecified atom stereocenters. The van der Waals surface area contributed by atoms with Gasteiger partial charge in [-0.1, -0.05) is 5.92 Å². The first-order valence-electron chi connectivity index (χ1n) is 15.4. The first kappa shape index (κ1) is 33.4. The number of hydrogen-bond donors (Lipinski definition) is 2. The van der Waals surface area contributed by atoms with Crippen molar-refractivity contribution in [1.82, 2.24) is 19.5 Å². The average molecular weight is 688 g/mol. The molecule has 2 aliphatic carbocycles. The average Bonchev–Trinajstić information content (AvgIpc) is 3.84. The van der Waals surface area contributed by atoms with Crippen LogP contribution in [0.15, 0.2) is 20.0 Å². The summed E-state index contributed by atoms with van der Waals surface area (Å²) in [6.45, 7) is 3.73. The molecule has 1 saturated heterocycles. The van der Waals surface area contributed by atoms with Gasteiger partial charge in [0.2, 0.25) is 5.28 Å². The number of carbonyl (C=O) groups is 3. The van der Waals surface area contributed by atoms with E-state index in [9.17, 15) is 24.3 Å². The number of fused-ring (bicyclic) bond motifs is 3. The monoisotopic (exact) mass is 687 g/mol. The second kappa shape index (κ2) is 12.5. The molecule has 4 heterocycles. The smallest absolute Gasteiger partial charge is 0.461 e. The molecular formula is C31H34ClN5O11. The number of terminal acetylenes is 1. The zero-order valence-electron chi connectivity index (χ0n) is 26.4. The van der Waals surface area contributed by atoms with Gasteiger partial charge in [0.15, 0.2) is 40.7 Å². The van der Waals surface area contributed by atoms with E-state index in [1.807, 2.05) is 0 Å². The number of nitrogens with one attached hydrogen (secondary N) is 1. The third kappa shape index (κ3) is 6.37. The Hall–Kier alpha value is -4.46. The number of carbonyl (C=O) groups excluding carboxylic acids is 3. The molecule has 17 heteroatoms. The maximum Gasteiger partial charge on any atom is 0.519 e. The lowest BCUT2D eigenvalue weighted by Crippen LogP contribution is -2.46. The van der Waals surface area contributed by atoms with E-state index in [1.165, 1.54) is 31.7 Å². The molecule has 16 nitrogen and oxygen atoms in total. The lowest BCUT2D eigenvalue weighted by atomic mass is 9.84. The third-order valence-electron chi connectivity index (χ3n) is 9.30. The van der Waals surface area contributed by atoms with Crippen LogP contribution in [0.2, 0.25) is 5.28 Å². The van der Waals surface area contributed by atoms with Crippen molar-refractivity contribution >= 4 is 46.6 Å². The second-order valence-corrected chi connectivity index (χ2v) is 13.4. The van der Waals surface area contributed by atoms with Crippen molar-refractivity contribution in [2.45, 2.75) is 89.3 Å². The molecule has 1 aliphatic heterocycles. The minimum Gasteiger partial charge on any atom is -0.461 e. The molecule has 2 N–H and O–H groups in total. The lowest BCUT2D eigenvalue weighted by Gasteiger charge is -2.30. The zero-order chi connectivity index (χ0) is 34.4. The highest BCUT2D eigenvalue weighted by atomic mass is 35.5. The molecule has 256 valence electrons. The SMILES string of the molecule is C#C[C@]1(COC(=O)C23CCC(CC2)C3)OCC(n2cnc3c(NC(=O)OC(C)(C)CC(=O)OCc4oc(=O)oc4C)nc(Cl)nc32)[C@@H]1O. The van der Waals surface area contributed by atoms with E-state index in [-0.39, 0.29) is 66.0 Å². The Kier molecular flexibility index (Phi) is 8.73. The van der Waals surface area contributed by atoms with Gasteiger partial charge in [0, 0.05) is 0 Å². The number of hydrogen-bond acceptors (Lipinski definition) is 14. The Morgan fingerprint density at radius 1 is 1.23 bits per heavy atom. The van der Waals surface area contributed by atoms with Crippen LogP contribution < -0.4 is 11.1 Å². The molecule has 3 atom stereocenters. The minimum absolute atomic E-state index is 0.0599. The topological polar surface area (TPSA) is 207 Å². The summed E-state index contributed by atoms with van der Waals surface area (Å²) in [6, 6.07) is -0.806. The van der Waals surface area contributed by atoms with Gasteiger partial charge in [-0.25, -0.2) is 14.6 Å². The normalized spacial score (nSPS) is 26.4. The summed E-state index contributed by atoms with van der Waals surface area (Å²) in [7, 11) is 0. The van der Waals surface area contributed by atoms with Crippen LogP contribution in [0.1, 0.15) is 69.9 Å². The van der Waals surface area contributed by atoms with Gasteiger partial charge >= 0.3 is 23.9 Å². The molecule has 3 aliphatic rings. The number of aromatic nitrogens is 4. The predicted molar refractivity (Wildman–Crippen MR) is 163 cm³/mol. The molecule has 1 amide bonds. The van der Waals surface area contributed by atoms with Crippen molar-refractivity contribution in [2.24, 2.45) is 11.3 Å². The van der Waals surface area contributed by atoms with E-state index in [4.69, 9.17) is 45.8 Å². The van der Waals surface area contributed by atoms with E-state index < -0.39 is 46.6 Å². The van der Waals surface area contributed by atoms with Gasteiger partial charge in [-0.3, -0.25) is 14.9 Å². The van der Waals surface area contributed by atoms with Crippen molar-refractivity contribution in [1.29, 1.82) is 0 Å². The van der Waals surface area contributed by atoms with E-state index >= 15 is 0 Å². The predicted octanol–water partition coefficient (Wildman–Crippen LogP) is 3.22. The lowest BCUT2D eigenvalue weighted by molar-refractivity contribution is -0.164. The standard InChI is InChI=1S/C31H34ClN5O11/c1-5-31(14-44-25(40)30-8-6-17(10-30)7-9-30)22(39)18(12-45-31)37-15-33-21-23(34-26(32)36-24(21)37)35-27(41)48-29(3,4)11-20(38)43-13-19-16(2)46-28(42)47-19/h1,15,17-18,22,39H,6-14H2,2-4H3,(H,34,35,36,41)/t17?,18?,22-,30?,31+/m0/s1. The number of aliphatic hydroxyl groups is 1. The van der Waals surface area contributed by atoms with Crippen LogP contribution in [0.25, 0.3) is 11.2 Å². The summed E-state index contributed by atoms with van der Waals surface area (Å²) in [5.74, 6) is 1.21. The van der Waals surface area contributed by atoms with Gasteiger partial charge in [0.1, 0.15) is 18.3 Å². The Balaban J connectivity index is 1.10. The van der Waals surface area contributed by atoms with Crippen molar-refractivity contribution in [3.8, 4) is 12.3 Å². The van der Waals surface area contributed by atoms with Gasteiger partial charge in [-0.2, -0.15) is 9.97 Å². The van der Waals surface area contributed by atoms with Gasteiger partial charge in [0.25, 0.3) is 0 Å². The van der Waals surface area contributed by atoms with E-state index in [2.05, 4.69) is 26.2 Å². The van der Waals surface area contributed by atoms with E-state index in [0.717, 1.165) is 32.1 Å². The summed E-state index contributed by atoms with van der Waals surface area (Å²) in [5.41, 5.74) is -3.18. The number of esters is 2. The highest BCUT2D eigenvalue weighted by molar-refractivity contribution is 6.28. The zero-order valence-corrected chi connectivity index (χ0v) is 27.2. The van der Waals surface area contributed by atoms with Crippen LogP contribution >= 0.6 is 11.6 Å². The minimum atomic E-state index is -1.61. The Morgan fingerprint density at radius 2 is 1.98 bits per heavy atom. The maximum absolute atomic E-state index is 13.1. The summed E-state index contributed by atoms with van der Waals surface area (Å²) in [5, 5.41) is 13.6. The summed E-state index contributed by atoms with van der Waals surface area (Å²) >= 11 is 6.21. The summed E-state index contributed by atoms with van der Waals surface area (Å²) < 4.78 is 33.2. The molecule has 48 heavy (non-hydrogen) atoms. The number of aliphatic hydroxyl groups excluding tert-OH is 1. The fraction of sp³-hybridized carbons (Fsp3) is 0.581. The third-order valence-corrected chi connectivity index (χ3v) is 9.47. The largest absolute Gasteiger partial charge is 0.519 e. The molecule has 3 fully saturated rings. The molecular weight excluding hydrogens is 654 g/mol. The molecule has 3 aromatic heterocycles. The molecule has 6 rings (SSSR count). The van der Waals surface area contributed by atoms with Crippen molar-refractivity contribution in [3.05, 3.63) is 33.7 Å². The number of imidazole rings is 1. The van der Waals surface area contributed by atoms with Gasteiger partial charge in [0.05, 0.1) is 30.8 Å². The highest BCUT2D eigenvalue weighted by Gasteiger charge is 2.54. The number of rotatable bonds is 10. The number of aryl methyl sites for hydroxylation is 1. The van der Waals surface area contributed by atoms with E-state index in [0.29, 0.717) is 5.92 Å². The van der Waals surface area contributed by atoms with Crippen LogP contribution in [0.4, 0.5) is 10.6 Å². The van der Waals surface area contributed by atoms with Gasteiger partial charge in [-0.15, -0.1) is 6.42 Å². The number of anilines is 1. The molecule has 0 spiro atoms. The highest BCUT2D eigenvalue weighted by Crippen LogP contribution is 2.54. The maximum atomic E-state index is 13.1. The Morgan fingerprint density at radius 3 is 2.62 bits per heavy atom. The number of halogens is 1. The fourth-order valence-electron chi connectivity index (χ4n) is 6.73. The summed E-state index contributed by atoms with van der Waals surface area (Å²) in [4.78, 5) is 62.1. The first-order valence-corrected chi connectivity index (χ1v) is 15.7. The van der Waals surface area contributed by atoms with Crippen LogP contribution in [0, 0.1) is 30.6 Å². The second-order valence-electron chi connectivity index (χ2n) is 13.1. The fourth-order valence-corrected chi connectivity index (χ4v) is 6.90. The Bertz CT molecular complexity index is 1850. The Labute approximate surface area is 278 Å². The van der Waals surface area contributed by atoms with Crippen LogP contribution in [-0.4, -0.2) is 73.2 Å². The van der Waals surface area contributed by atoms with Crippen LogP contribution in [0.3, 0.4) is 0 Å². The molecule has 2 bridgehead atoms. The van der Waals surface area contributed by atoms with Gasteiger partial charge < -0.3 is 37.5 Å². The molecule has 0 aromatic carbocycles. The molecule has 0 radical (unpaired) electrons. The molecule has 2 saturated carbocycles. The van der Waals surface area contributed by atoms with Gasteiger partial charge in [-0.05, 0) is 70.4 Å². The van der Waals surface area contributed by atoms with Crippen molar-refractivity contribution in [2.75, 3.05) is 18.5 Å². The molecule has 3 aromatic rings. The number of nitrogens with zero attached hydrogens (tertiary/aromatic N) is 4. The first-order chi connectivity index (χ1) is 22.7. The summed E-state index contributed by atoms with van der Waals surface area (Å²) in [6.07, 6.45) is 8.93. The number of amides is 1.